The van der Waals surface area contributed by atoms with Gasteiger partial charge in [0, 0.05) is 19.6 Å². The monoisotopic (exact) mass is 252 g/mol. The predicted molar refractivity (Wildman–Crippen MR) is 74.5 cm³/mol. The highest BCUT2D eigenvalue weighted by atomic mass is 16.2. The van der Waals surface area contributed by atoms with Crippen LogP contribution in [0.25, 0.3) is 0 Å². The molecule has 2 rings (SSSR count). The van der Waals surface area contributed by atoms with Crippen molar-refractivity contribution in [1.82, 2.24) is 10.2 Å². The fourth-order valence-corrected chi connectivity index (χ4v) is 3.48. The molecule has 18 heavy (non-hydrogen) atoms. The summed E-state index contributed by atoms with van der Waals surface area (Å²) in [6.45, 7) is 4.05. The Hall–Kier alpha value is -0.570. The lowest BCUT2D eigenvalue weighted by Gasteiger charge is -2.39. The van der Waals surface area contributed by atoms with Gasteiger partial charge in [0.25, 0.3) is 0 Å². The van der Waals surface area contributed by atoms with E-state index in [1.165, 1.54) is 38.5 Å². The van der Waals surface area contributed by atoms with Crippen LogP contribution in [0.3, 0.4) is 0 Å². The van der Waals surface area contributed by atoms with Gasteiger partial charge in [0.15, 0.2) is 0 Å². The van der Waals surface area contributed by atoms with Crippen LogP contribution in [0.1, 0.15) is 58.3 Å². The van der Waals surface area contributed by atoms with Crippen molar-refractivity contribution in [3.05, 3.63) is 0 Å². The smallest absolute Gasteiger partial charge is 0.229 e. The minimum absolute atomic E-state index is 0.167. The van der Waals surface area contributed by atoms with Crippen LogP contribution in [-0.2, 0) is 4.79 Å². The number of hydrogen-bond donors (Lipinski definition) is 1. The van der Waals surface area contributed by atoms with Crippen LogP contribution in [-0.4, -0.2) is 37.0 Å². The first-order valence-corrected chi connectivity index (χ1v) is 7.61. The molecule has 104 valence electrons. The second kappa shape index (κ2) is 6.05. The molecule has 0 bridgehead atoms. The van der Waals surface area contributed by atoms with Crippen LogP contribution in [0.5, 0.6) is 0 Å². The van der Waals surface area contributed by atoms with Crippen molar-refractivity contribution in [2.24, 2.45) is 5.41 Å². The Bertz CT molecular complexity index is 276. The Morgan fingerprint density at radius 1 is 1.17 bits per heavy atom. The van der Waals surface area contributed by atoms with Gasteiger partial charge in [0.2, 0.25) is 5.91 Å². The van der Waals surface area contributed by atoms with Gasteiger partial charge in [0.1, 0.15) is 0 Å². The first-order valence-electron chi connectivity index (χ1n) is 7.61. The Morgan fingerprint density at radius 3 is 2.39 bits per heavy atom. The van der Waals surface area contributed by atoms with E-state index < -0.39 is 0 Å². The number of nitrogens with one attached hydrogen (secondary N) is 1. The average Bonchev–Trinajstić information content (AvgIpc) is 2.66. The molecule has 0 aromatic heterocycles. The standard InChI is InChI=1S/C15H28N2O/c1-15(10-7-11-16-12-15)14(18)17(2)13-8-5-3-4-6-9-13/h13,16H,3-12H2,1-2H3. The summed E-state index contributed by atoms with van der Waals surface area (Å²) in [5.41, 5.74) is -0.167. The van der Waals surface area contributed by atoms with Crippen LogP contribution in [0.15, 0.2) is 0 Å². The lowest BCUT2D eigenvalue weighted by molar-refractivity contribution is -0.143. The zero-order valence-corrected chi connectivity index (χ0v) is 12.0. The van der Waals surface area contributed by atoms with Crippen LogP contribution in [0.2, 0.25) is 0 Å². The van der Waals surface area contributed by atoms with Crippen molar-refractivity contribution in [3.8, 4) is 0 Å². The SMILES string of the molecule is CN(C(=O)C1(C)CCCNC1)C1CCCCCC1. The molecule has 2 aliphatic rings. The van der Waals surface area contributed by atoms with Gasteiger partial charge in [-0.05, 0) is 39.2 Å². The van der Waals surface area contributed by atoms with E-state index in [1.54, 1.807) is 0 Å². The van der Waals surface area contributed by atoms with E-state index in [-0.39, 0.29) is 5.41 Å². The summed E-state index contributed by atoms with van der Waals surface area (Å²) in [6.07, 6.45) is 9.83. The number of hydrogen-bond acceptors (Lipinski definition) is 2. The largest absolute Gasteiger partial charge is 0.342 e. The molecule has 1 amide bonds. The number of piperidine rings is 1. The van der Waals surface area contributed by atoms with Crippen molar-refractivity contribution in [2.45, 2.75) is 64.3 Å². The lowest BCUT2D eigenvalue weighted by Crippen LogP contribution is -2.51. The molecule has 1 aliphatic heterocycles. The minimum Gasteiger partial charge on any atom is -0.342 e. The molecule has 0 radical (unpaired) electrons. The van der Waals surface area contributed by atoms with Crippen molar-refractivity contribution in [1.29, 1.82) is 0 Å². The molecule has 1 saturated heterocycles. The molecular formula is C15H28N2O. The van der Waals surface area contributed by atoms with Crippen molar-refractivity contribution in [2.75, 3.05) is 20.1 Å². The fraction of sp³-hybridized carbons (Fsp3) is 0.933. The van der Waals surface area contributed by atoms with Gasteiger partial charge in [-0.1, -0.05) is 25.7 Å². The number of carbonyl (C=O) groups is 1. The van der Waals surface area contributed by atoms with E-state index >= 15 is 0 Å². The topological polar surface area (TPSA) is 32.3 Å². The Balaban J connectivity index is 1.97. The molecule has 3 nitrogen and oxygen atoms in total. The fourth-order valence-electron chi connectivity index (χ4n) is 3.48. The van der Waals surface area contributed by atoms with E-state index in [2.05, 4.69) is 17.1 Å². The van der Waals surface area contributed by atoms with Gasteiger partial charge in [-0.25, -0.2) is 0 Å². The zero-order valence-electron chi connectivity index (χ0n) is 12.0. The van der Waals surface area contributed by atoms with E-state index in [0.29, 0.717) is 11.9 Å². The summed E-state index contributed by atoms with van der Waals surface area (Å²) in [7, 11) is 2.03. The quantitative estimate of drug-likeness (QED) is 0.766. The molecular weight excluding hydrogens is 224 g/mol. The third kappa shape index (κ3) is 3.05. The highest BCUT2D eigenvalue weighted by molar-refractivity contribution is 5.82. The summed E-state index contributed by atoms with van der Waals surface area (Å²) < 4.78 is 0. The predicted octanol–water partition coefficient (Wildman–Crippen LogP) is 2.56. The van der Waals surface area contributed by atoms with Gasteiger partial charge in [0.05, 0.1) is 5.41 Å². The highest BCUT2D eigenvalue weighted by Gasteiger charge is 2.38. The molecule has 0 aromatic rings. The third-order valence-electron chi connectivity index (χ3n) is 4.81. The second-order valence-electron chi connectivity index (χ2n) is 6.40. The highest BCUT2D eigenvalue weighted by Crippen LogP contribution is 2.30. The van der Waals surface area contributed by atoms with Crippen LogP contribution in [0.4, 0.5) is 0 Å². The molecule has 1 saturated carbocycles. The molecule has 2 fully saturated rings. The summed E-state index contributed by atoms with van der Waals surface area (Å²) in [6, 6.07) is 0.485. The molecule has 0 aromatic carbocycles. The van der Waals surface area contributed by atoms with E-state index in [9.17, 15) is 4.79 Å². The van der Waals surface area contributed by atoms with Gasteiger partial charge in [-0.3, -0.25) is 4.79 Å². The van der Waals surface area contributed by atoms with Crippen molar-refractivity contribution < 1.29 is 4.79 Å². The molecule has 3 heteroatoms. The summed E-state index contributed by atoms with van der Waals surface area (Å²) in [5, 5.41) is 3.38. The van der Waals surface area contributed by atoms with Gasteiger partial charge in [-0.15, -0.1) is 0 Å². The summed E-state index contributed by atoms with van der Waals surface area (Å²) in [5.74, 6) is 0.363. The van der Waals surface area contributed by atoms with E-state index in [1.807, 2.05) is 7.05 Å². The van der Waals surface area contributed by atoms with E-state index in [4.69, 9.17) is 0 Å². The first-order chi connectivity index (χ1) is 8.63. The normalized spacial score (nSPS) is 30.8. The van der Waals surface area contributed by atoms with Crippen molar-refractivity contribution >= 4 is 5.91 Å². The van der Waals surface area contributed by atoms with Crippen LogP contribution >= 0.6 is 0 Å². The number of carbonyl (C=O) groups excluding carboxylic acids is 1. The Morgan fingerprint density at radius 2 is 1.83 bits per heavy atom. The van der Waals surface area contributed by atoms with Crippen LogP contribution < -0.4 is 5.32 Å². The second-order valence-corrected chi connectivity index (χ2v) is 6.40. The Kier molecular flexibility index (Phi) is 4.66. The summed E-state index contributed by atoms with van der Waals surface area (Å²) in [4.78, 5) is 14.8. The molecule has 1 aliphatic carbocycles. The van der Waals surface area contributed by atoms with Gasteiger partial charge in [-0.2, -0.15) is 0 Å². The van der Waals surface area contributed by atoms with Crippen molar-refractivity contribution in [3.63, 3.8) is 0 Å². The minimum atomic E-state index is -0.167. The van der Waals surface area contributed by atoms with Gasteiger partial charge < -0.3 is 10.2 Å². The molecule has 1 unspecified atom stereocenters. The van der Waals surface area contributed by atoms with Gasteiger partial charge >= 0.3 is 0 Å². The maximum Gasteiger partial charge on any atom is 0.229 e. The number of nitrogens with zero attached hydrogens (tertiary/aromatic N) is 1. The maximum atomic E-state index is 12.7. The molecule has 1 heterocycles. The first kappa shape index (κ1) is 13.9. The lowest BCUT2D eigenvalue weighted by atomic mass is 9.81. The maximum absolute atomic E-state index is 12.7. The Labute approximate surface area is 111 Å². The summed E-state index contributed by atoms with van der Waals surface area (Å²) >= 11 is 0. The molecule has 1 N–H and O–H groups in total. The molecule has 1 atom stereocenters. The number of amides is 1. The third-order valence-corrected chi connectivity index (χ3v) is 4.81. The zero-order chi connectivity index (χ0) is 13.0. The number of rotatable bonds is 2. The van der Waals surface area contributed by atoms with Crippen LogP contribution in [0, 0.1) is 5.41 Å². The van der Waals surface area contributed by atoms with E-state index in [0.717, 1.165) is 25.9 Å². The molecule has 0 spiro atoms. The average molecular weight is 252 g/mol.